The molecule has 2 rings (SSSR count). The molecule has 0 aliphatic carbocycles. The number of ether oxygens (including phenoxy) is 1. The van der Waals surface area contributed by atoms with E-state index in [0.717, 1.165) is 31.2 Å². The third kappa shape index (κ3) is 7.71. The topological polar surface area (TPSA) is 79.8 Å². The fourth-order valence-electron chi connectivity index (χ4n) is 3.04. The normalized spacial score (nSPS) is 13.0. The molecular weight excluding hydrogens is 398 g/mol. The van der Waals surface area contributed by atoms with E-state index in [9.17, 15) is 8.42 Å². The van der Waals surface area contributed by atoms with E-state index in [-0.39, 0.29) is 5.75 Å². The van der Waals surface area contributed by atoms with Crippen molar-refractivity contribution in [3.8, 4) is 5.75 Å². The first-order valence-electron chi connectivity index (χ1n) is 10.4. The van der Waals surface area contributed by atoms with Gasteiger partial charge in [0, 0.05) is 19.6 Å². The van der Waals surface area contributed by atoms with Crippen LogP contribution in [0.25, 0.3) is 0 Å². The van der Waals surface area contributed by atoms with Crippen LogP contribution in [-0.4, -0.2) is 46.9 Å². The van der Waals surface area contributed by atoms with Gasteiger partial charge in [-0.25, -0.2) is 8.42 Å². The molecule has 0 saturated carbocycles. The summed E-state index contributed by atoms with van der Waals surface area (Å²) in [5.41, 5.74) is 1.27. The van der Waals surface area contributed by atoms with Gasteiger partial charge in [-0.05, 0) is 55.5 Å². The van der Waals surface area contributed by atoms with Gasteiger partial charge in [0.1, 0.15) is 5.75 Å². The lowest BCUT2D eigenvalue weighted by Gasteiger charge is -2.15. The van der Waals surface area contributed by atoms with Gasteiger partial charge in [-0.3, -0.25) is 4.99 Å². The molecule has 6 nitrogen and oxygen atoms in total. The van der Waals surface area contributed by atoms with Gasteiger partial charge in [-0.15, -0.1) is 0 Å². The molecule has 0 bridgehead atoms. The van der Waals surface area contributed by atoms with Crippen molar-refractivity contribution in [2.45, 2.75) is 37.5 Å². The first-order valence-corrected chi connectivity index (χ1v) is 12.1. The minimum Gasteiger partial charge on any atom is -0.497 e. The van der Waals surface area contributed by atoms with Crippen molar-refractivity contribution in [1.29, 1.82) is 0 Å². The molecule has 30 heavy (non-hydrogen) atoms. The van der Waals surface area contributed by atoms with Crippen molar-refractivity contribution in [3.05, 3.63) is 60.2 Å². The Kier molecular flexibility index (Phi) is 9.67. The number of sulfone groups is 1. The molecule has 7 heteroatoms. The van der Waals surface area contributed by atoms with Gasteiger partial charge in [0.15, 0.2) is 15.8 Å². The van der Waals surface area contributed by atoms with Crippen LogP contribution in [0.3, 0.4) is 0 Å². The van der Waals surface area contributed by atoms with E-state index >= 15 is 0 Å². The Hall–Kier alpha value is -2.54. The minimum atomic E-state index is -3.25. The number of nitrogens with one attached hydrogen (secondary N) is 2. The summed E-state index contributed by atoms with van der Waals surface area (Å²) < 4.78 is 29.9. The molecule has 0 aliphatic rings. The Morgan fingerprint density at radius 3 is 2.40 bits per heavy atom. The average molecular weight is 432 g/mol. The molecule has 0 fully saturated rings. The van der Waals surface area contributed by atoms with E-state index in [2.05, 4.69) is 34.7 Å². The highest BCUT2D eigenvalue weighted by Gasteiger charge is 2.13. The Labute approximate surface area is 180 Å². The van der Waals surface area contributed by atoms with Gasteiger partial charge >= 0.3 is 0 Å². The fourth-order valence-corrected chi connectivity index (χ4v) is 4.36. The van der Waals surface area contributed by atoms with Gasteiger partial charge in [-0.1, -0.05) is 37.3 Å². The van der Waals surface area contributed by atoms with Crippen molar-refractivity contribution < 1.29 is 13.2 Å². The quantitative estimate of drug-likeness (QED) is 0.323. The van der Waals surface area contributed by atoms with Gasteiger partial charge in [-0.2, -0.15) is 0 Å². The summed E-state index contributed by atoms with van der Waals surface area (Å²) in [6, 6.07) is 16.7. The molecule has 0 aromatic heterocycles. The Morgan fingerprint density at radius 1 is 1.07 bits per heavy atom. The van der Waals surface area contributed by atoms with Crippen molar-refractivity contribution >= 4 is 15.8 Å². The molecule has 2 N–H and O–H groups in total. The third-order valence-corrected chi connectivity index (χ3v) is 6.66. The van der Waals surface area contributed by atoms with E-state index in [1.54, 1.807) is 31.4 Å². The highest BCUT2D eigenvalue weighted by molar-refractivity contribution is 7.91. The SMILES string of the molecule is CCNC(=NCCCS(=O)(=O)c1ccccc1)NCCC(C)c1ccc(OC)cc1. The lowest BCUT2D eigenvalue weighted by atomic mass is 9.98. The second-order valence-corrected chi connectivity index (χ2v) is 9.24. The Balaban J connectivity index is 1.79. The summed E-state index contributed by atoms with van der Waals surface area (Å²) in [4.78, 5) is 4.88. The van der Waals surface area contributed by atoms with Crippen LogP contribution < -0.4 is 15.4 Å². The lowest BCUT2D eigenvalue weighted by molar-refractivity contribution is 0.414. The molecule has 164 valence electrons. The standard InChI is InChI=1S/C23H33N3O3S/c1-4-24-23(25-16-8-18-30(27,28)22-9-6-5-7-10-22)26-17-15-19(2)20-11-13-21(29-3)14-12-20/h5-7,9-14,19H,4,8,15-18H2,1-3H3,(H2,24,25,26). The van der Waals surface area contributed by atoms with E-state index < -0.39 is 9.84 Å². The second kappa shape index (κ2) is 12.2. The Morgan fingerprint density at radius 2 is 1.77 bits per heavy atom. The summed E-state index contributed by atoms with van der Waals surface area (Å²) in [5.74, 6) is 2.08. The smallest absolute Gasteiger partial charge is 0.191 e. The lowest BCUT2D eigenvalue weighted by Crippen LogP contribution is -2.38. The second-order valence-electron chi connectivity index (χ2n) is 7.14. The molecule has 0 spiro atoms. The monoisotopic (exact) mass is 431 g/mol. The zero-order chi connectivity index (χ0) is 21.8. The molecule has 0 saturated heterocycles. The van der Waals surface area contributed by atoms with Gasteiger partial charge in [0.05, 0.1) is 17.8 Å². The molecule has 0 radical (unpaired) electrons. The fraction of sp³-hybridized carbons (Fsp3) is 0.435. The predicted octanol–water partition coefficient (Wildman–Crippen LogP) is 3.61. The van der Waals surface area contributed by atoms with Crippen LogP contribution >= 0.6 is 0 Å². The first-order chi connectivity index (χ1) is 14.5. The maximum atomic E-state index is 12.3. The summed E-state index contributed by atoms with van der Waals surface area (Å²) in [7, 11) is -1.59. The van der Waals surface area contributed by atoms with Crippen molar-refractivity contribution in [2.24, 2.45) is 4.99 Å². The van der Waals surface area contributed by atoms with E-state index in [4.69, 9.17) is 4.74 Å². The van der Waals surface area contributed by atoms with Crippen molar-refractivity contribution in [3.63, 3.8) is 0 Å². The molecule has 1 unspecified atom stereocenters. The highest BCUT2D eigenvalue weighted by atomic mass is 32.2. The van der Waals surface area contributed by atoms with Crippen LogP contribution in [0, 0.1) is 0 Å². The maximum Gasteiger partial charge on any atom is 0.191 e. The molecule has 0 aliphatic heterocycles. The minimum absolute atomic E-state index is 0.0917. The number of nitrogens with zero attached hydrogens (tertiary/aromatic N) is 1. The van der Waals surface area contributed by atoms with Gasteiger partial charge in [0.25, 0.3) is 0 Å². The zero-order valence-corrected chi connectivity index (χ0v) is 18.9. The number of guanidine groups is 1. The molecular formula is C23H33N3O3S. The van der Waals surface area contributed by atoms with Crippen LogP contribution in [0.1, 0.15) is 38.2 Å². The summed E-state index contributed by atoms with van der Waals surface area (Å²) in [6.07, 6.45) is 1.44. The molecule has 2 aromatic rings. The largest absolute Gasteiger partial charge is 0.497 e. The number of hydrogen-bond donors (Lipinski definition) is 2. The summed E-state index contributed by atoms with van der Waals surface area (Å²) >= 11 is 0. The van der Waals surface area contributed by atoms with Crippen molar-refractivity contribution in [1.82, 2.24) is 10.6 Å². The zero-order valence-electron chi connectivity index (χ0n) is 18.1. The average Bonchev–Trinajstić information content (AvgIpc) is 2.77. The number of benzene rings is 2. The highest BCUT2D eigenvalue weighted by Crippen LogP contribution is 2.21. The first kappa shape index (κ1) is 23.7. The van der Waals surface area contributed by atoms with Crippen LogP contribution in [0.15, 0.2) is 64.5 Å². The molecule has 2 aromatic carbocycles. The van der Waals surface area contributed by atoms with Crippen LogP contribution in [0.4, 0.5) is 0 Å². The number of hydrogen-bond acceptors (Lipinski definition) is 4. The number of methoxy groups -OCH3 is 1. The number of aliphatic imine (C=N–C) groups is 1. The Bertz CT molecular complexity index is 882. The maximum absolute atomic E-state index is 12.3. The van der Waals surface area contributed by atoms with Crippen LogP contribution in [-0.2, 0) is 9.84 Å². The van der Waals surface area contributed by atoms with E-state index in [1.807, 2.05) is 25.1 Å². The third-order valence-electron chi connectivity index (χ3n) is 4.84. The van der Waals surface area contributed by atoms with Crippen molar-refractivity contribution in [2.75, 3.05) is 32.5 Å². The van der Waals surface area contributed by atoms with Crippen LogP contribution in [0.2, 0.25) is 0 Å². The molecule has 0 amide bonds. The molecule has 0 heterocycles. The molecule has 1 atom stereocenters. The summed E-state index contributed by atoms with van der Waals surface area (Å²) in [5, 5.41) is 6.55. The summed E-state index contributed by atoms with van der Waals surface area (Å²) in [6.45, 7) is 6.19. The number of rotatable bonds is 11. The van der Waals surface area contributed by atoms with Gasteiger partial charge in [0.2, 0.25) is 0 Å². The van der Waals surface area contributed by atoms with E-state index in [0.29, 0.717) is 23.8 Å². The van der Waals surface area contributed by atoms with Crippen LogP contribution in [0.5, 0.6) is 5.75 Å². The van der Waals surface area contributed by atoms with E-state index in [1.165, 1.54) is 5.56 Å². The predicted molar refractivity (Wildman–Crippen MR) is 123 cm³/mol. The van der Waals surface area contributed by atoms with Gasteiger partial charge < -0.3 is 15.4 Å².